The lowest BCUT2D eigenvalue weighted by atomic mass is 10.1. The Labute approximate surface area is 226 Å². The highest BCUT2D eigenvalue weighted by Gasteiger charge is 2.27. The van der Waals surface area contributed by atoms with Crippen molar-refractivity contribution in [2.45, 2.75) is 39.6 Å². The van der Waals surface area contributed by atoms with Crippen LogP contribution in [0, 0.1) is 0 Å². The minimum atomic E-state index is -1.31. The largest absolute Gasteiger partial charge is 0.478 e. The molecule has 2 aromatic carbocycles. The van der Waals surface area contributed by atoms with Gasteiger partial charge in [-0.25, -0.2) is 19.0 Å². The van der Waals surface area contributed by atoms with Gasteiger partial charge in [-0.15, -0.1) is 11.3 Å². The third kappa shape index (κ3) is 5.27. The lowest BCUT2D eigenvalue weighted by Gasteiger charge is -2.19. The van der Waals surface area contributed by atoms with Crippen molar-refractivity contribution in [1.29, 1.82) is 0 Å². The monoisotopic (exact) mass is 547 g/mol. The van der Waals surface area contributed by atoms with Gasteiger partial charge in [-0.2, -0.15) is 9.78 Å². The summed E-state index contributed by atoms with van der Waals surface area (Å²) >= 11 is 1.33. The number of benzene rings is 2. The van der Waals surface area contributed by atoms with Crippen LogP contribution in [-0.4, -0.2) is 48.3 Å². The van der Waals surface area contributed by atoms with Crippen molar-refractivity contribution < 1.29 is 34.1 Å². The lowest BCUT2D eigenvalue weighted by molar-refractivity contribution is 0.0522. The van der Waals surface area contributed by atoms with E-state index in [1.165, 1.54) is 23.5 Å². The molecule has 0 saturated heterocycles. The van der Waals surface area contributed by atoms with Crippen molar-refractivity contribution >= 4 is 50.6 Å². The van der Waals surface area contributed by atoms with Crippen molar-refractivity contribution in [2.75, 3.05) is 0 Å². The van der Waals surface area contributed by atoms with Gasteiger partial charge in [0.05, 0.1) is 40.2 Å². The second-order valence-electron chi connectivity index (χ2n) is 9.87. The van der Waals surface area contributed by atoms with Crippen molar-refractivity contribution in [3.05, 3.63) is 76.7 Å². The number of aromatic nitrogens is 3. The van der Waals surface area contributed by atoms with Gasteiger partial charge < -0.3 is 19.7 Å². The van der Waals surface area contributed by atoms with Crippen LogP contribution < -0.4 is 0 Å². The number of nitrogens with zero attached hydrogens (tertiary/aromatic N) is 3. The standard InChI is InChI=1S/C28H25N3O7S/c1-28(2,3)38-27(36)31-22-13-19(15-37-14-16-7-5-4-6-8-16)39-24(22)23(29-31)21-11-17-9-10-18(25(32)33)12-20(17)30(21)26(34)35/h4-13H,14-15H2,1-3H3,(H,32,33)(H,34,35). The van der Waals surface area contributed by atoms with Gasteiger partial charge in [0.15, 0.2) is 0 Å². The second kappa shape index (κ2) is 10.0. The van der Waals surface area contributed by atoms with Gasteiger partial charge in [-0.1, -0.05) is 36.4 Å². The molecule has 0 saturated carbocycles. The van der Waals surface area contributed by atoms with E-state index in [0.717, 1.165) is 19.7 Å². The van der Waals surface area contributed by atoms with Gasteiger partial charge in [0.1, 0.15) is 11.3 Å². The predicted molar refractivity (Wildman–Crippen MR) is 145 cm³/mol. The zero-order valence-electron chi connectivity index (χ0n) is 21.4. The molecule has 200 valence electrons. The van der Waals surface area contributed by atoms with E-state index in [0.29, 0.717) is 22.2 Å². The molecule has 11 heteroatoms. The van der Waals surface area contributed by atoms with Crippen LogP contribution in [-0.2, 0) is 22.7 Å². The van der Waals surface area contributed by atoms with Crippen molar-refractivity contribution in [3.8, 4) is 11.4 Å². The maximum atomic E-state index is 13.1. The summed E-state index contributed by atoms with van der Waals surface area (Å²) in [5, 5.41) is 24.5. The molecule has 0 aliphatic rings. The molecule has 10 nitrogen and oxygen atoms in total. The van der Waals surface area contributed by atoms with Gasteiger partial charge in [0, 0.05) is 10.3 Å². The molecule has 0 spiro atoms. The number of hydrogen-bond acceptors (Lipinski definition) is 7. The maximum absolute atomic E-state index is 13.1. The molecule has 0 radical (unpaired) electrons. The highest BCUT2D eigenvalue weighted by molar-refractivity contribution is 7.19. The van der Waals surface area contributed by atoms with Crippen LogP contribution in [0.2, 0.25) is 0 Å². The number of thiophene rings is 1. The van der Waals surface area contributed by atoms with Crippen LogP contribution in [0.25, 0.3) is 32.5 Å². The predicted octanol–water partition coefficient (Wildman–Crippen LogP) is 6.44. The van der Waals surface area contributed by atoms with E-state index in [2.05, 4.69) is 5.10 Å². The SMILES string of the molecule is CC(C)(C)OC(=O)n1nc(-c2cc3ccc(C(=O)O)cc3n2C(=O)O)c2sc(COCc3ccccc3)cc21. The van der Waals surface area contributed by atoms with Crippen molar-refractivity contribution in [3.63, 3.8) is 0 Å². The zero-order chi connectivity index (χ0) is 27.9. The number of ether oxygens (including phenoxy) is 2. The normalized spacial score (nSPS) is 11.8. The molecule has 0 aliphatic carbocycles. The first-order valence-corrected chi connectivity index (χ1v) is 12.8. The third-order valence-electron chi connectivity index (χ3n) is 5.81. The Balaban J connectivity index is 1.62. The van der Waals surface area contributed by atoms with Crippen LogP contribution in [0.5, 0.6) is 0 Å². The van der Waals surface area contributed by atoms with E-state index < -0.39 is 23.8 Å². The van der Waals surface area contributed by atoms with Crippen LogP contribution >= 0.6 is 11.3 Å². The molecule has 0 fully saturated rings. The Hall–Kier alpha value is -4.48. The van der Waals surface area contributed by atoms with Gasteiger partial charge in [0.25, 0.3) is 0 Å². The first kappa shape index (κ1) is 26.1. The number of carbonyl (C=O) groups is 3. The number of hydrogen-bond donors (Lipinski definition) is 2. The quantitative estimate of drug-likeness (QED) is 0.248. The van der Waals surface area contributed by atoms with Gasteiger partial charge in [0.2, 0.25) is 0 Å². The lowest BCUT2D eigenvalue weighted by Crippen LogP contribution is -2.27. The maximum Gasteiger partial charge on any atom is 0.435 e. The minimum absolute atomic E-state index is 0.0481. The topological polar surface area (TPSA) is 133 Å². The Morgan fingerprint density at radius 2 is 1.69 bits per heavy atom. The zero-order valence-corrected chi connectivity index (χ0v) is 22.2. The fourth-order valence-electron chi connectivity index (χ4n) is 4.20. The first-order valence-electron chi connectivity index (χ1n) is 12.0. The number of carbonyl (C=O) groups excluding carboxylic acids is 1. The molecule has 0 atom stereocenters. The van der Waals surface area contributed by atoms with Gasteiger partial charge in [-0.05, 0) is 50.6 Å². The molecular formula is C28H25N3O7S. The molecule has 2 N–H and O–H groups in total. The Bertz CT molecular complexity index is 1720. The Morgan fingerprint density at radius 3 is 2.36 bits per heavy atom. The van der Waals surface area contributed by atoms with Crippen molar-refractivity contribution in [1.82, 2.24) is 14.3 Å². The van der Waals surface area contributed by atoms with E-state index in [1.54, 1.807) is 39.0 Å². The first-order chi connectivity index (χ1) is 18.5. The Morgan fingerprint density at radius 1 is 0.949 bits per heavy atom. The van der Waals surface area contributed by atoms with Crippen LogP contribution in [0.15, 0.2) is 60.7 Å². The fraction of sp³-hybridized carbons (Fsp3) is 0.214. The molecular weight excluding hydrogens is 522 g/mol. The number of aromatic carboxylic acids is 1. The summed E-state index contributed by atoms with van der Waals surface area (Å²) < 4.78 is 14.1. The average molecular weight is 548 g/mol. The average Bonchev–Trinajstić information content (AvgIpc) is 3.54. The molecule has 0 bridgehead atoms. The molecule has 0 amide bonds. The Kier molecular flexibility index (Phi) is 6.71. The van der Waals surface area contributed by atoms with E-state index in [-0.39, 0.29) is 29.1 Å². The summed E-state index contributed by atoms with van der Waals surface area (Å²) in [5.74, 6) is -1.17. The second-order valence-corrected chi connectivity index (χ2v) is 11.0. The summed E-state index contributed by atoms with van der Waals surface area (Å²) in [4.78, 5) is 37.8. The number of fused-ring (bicyclic) bond motifs is 2. The third-order valence-corrected chi connectivity index (χ3v) is 6.92. The molecule has 3 aromatic heterocycles. The molecule has 39 heavy (non-hydrogen) atoms. The molecule has 0 aliphatic heterocycles. The highest BCUT2D eigenvalue weighted by atomic mass is 32.1. The van der Waals surface area contributed by atoms with Crippen molar-refractivity contribution in [2.24, 2.45) is 0 Å². The van der Waals surface area contributed by atoms with Crippen LogP contribution in [0.4, 0.5) is 9.59 Å². The van der Waals surface area contributed by atoms with E-state index in [4.69, 9.17) is 9.47 Å². The van der Waals surface area contributed by atoms with E-state index >= 15 is 0 Å². The van der Waals surface area contributed by atoms with E-state index in [9.17, 15) is 24.6 Å². The molecule has 0 unspecified atom stereocenters. The minimum Gasteiger partial charge on any atom is -0.478 e. The summed E-state index contributed by atoms with van der Waals surface area (Å²) in [6.07, 6.45) is -2.02. The van der Waals surface area contributed by atoms with E-state index in [1.807, 2.05) is 30.3 Å². The number of rotatable bonds is 6. The summed E-state index contributed by atoms with van der Waals surface area (Å²) in [7, 11) is 0. The summed E-state index contributed by atoms with van der Waals surface area (Å²) in [5.41, 5.74) is 1.29. The smallest absolute Gasteiger partial charge is 0.435 e. The van der Waals surface area contributed by atoms with Gasteiger partial charge in [-0.3, -0.25) is 0 Å². The fourth-order valence-corrected chi connectivity index (χ4v) is 5.27. The molecule has 5 rings (SSSR count). The van der Waals surface area contributed by atoms with Crippen LogP contribution in [0.3, 0.4) is 0 Å². The number of carboxylic acid groups (broad SMARTS) is 2. The molecule has 3 heterocycles. The summed E-state index contributed by atoms with van der Waals surface area (Å²) in [6.45, 7) is 5.90. The number of carboxylic acids is 1. The molecule has 5 aromatic rings. The van der Waals surface area contributed by atoms with Gasteiger partial charge >= 0.3 is 18.2 Å². The summed E-state index contributed by atoms with van der Waals surface area (Å²) in [6, 6.07) is 17.4. The highest BCUT2D eigenvalue weighted by Crippen LogP contribution is 2.38. The van der Waals surface area contributed by atoms with Crippen LogP contribution in [0.1, 0.15) is 41.6 Å².